The van der Waals surface area contributed by atoms with E-state index in [1.807, 2.05) is 64.4 Å². The van der Waals surface area contributed by atoms with Crippen molar-refractivity contribution in [2.45, 2.75) is 70.5 Å². The summed E-state index contributed by atoms with van der Waals surface area (Å²) in [5.41, 5.74) is 1.94. The van der Waals surface area contributed by atoms with Gasteiger partial charge in [-0.05, 0) is 50.5 Å². The molecule has 1 aliphatic rings. The molecular weight excluding hydrogens is 534 g/mol. The quantitative estimate of drug-likeness (QED) is 0.181. The predicted octanol–water partition coefficient (Wildman–Crippen LogP) is 6.09. The Kier molecular flexibility index (Phi) is 11.2. The van der Waals surface area contributed by atoms with E-state index in [1.54, 1.807) is 18.9 Å². The van der Waals surface area contributed by atoms with Crippen LogP contribution in [0.4, 0.5) is 0 Å². The first-order chi connectivity index (χ1) is 20.0. The first kappa shape index (κ1) is 30.6. The zero-order valence-electron chi connectivity index (χ0n) is 24.8. The highest BCUT2D eigenvalue weighted by atomic mass is 32.2. The van der Waals surface area contributed by atoms with Crippen LogP contribution in [0.1, 0.15) is 59.3 Å². The van der Waals surface area contributed by atoms with Crippen LogP contribution in [0.25, 0.3) is 17.1 Å². The van der Waals surface area contributed by atoms with Crippen LogP contribution >= 0.6 is 11.8 Å². The van der Waals surface area contributed by atoms with Gasteiger partial charge < -0.3 is 14.5 Å². The Morgan fingerprint density at radius 3 is 2.44 bits per heavy atom. The second kappa shape index (κ2) is 15.1. The third-order valence-corrected chi connectivity index (χ3v) is 8.79. The van der Waals surface area contributed by atoms with Gasteiger partial charge in [0.1, 0.15) is 5.75 Å². The summed E-state index contributed by atoms with van der Waals surface area (Å²) in [5.74, 6) is 2.82. The number of methoxy groups -OCH3 is 1. The van der Waals surface area contributed by atoms with Crippen LogP contribution in [-0.2, 0) is 9.59 Å². The third kappa shape index (κ3) is 7.70. The van der Waals surface area contributed by atoms with Gasteiger partial charge in [0.25, 0.3) is 0 Å². The van der Waals surface area contributed by atoms with E-state index >= 15 is 0 Å². The summed E-state index contributed by atoms with van der Waals surface area (Å²) >= 11 is 1.61. The third-order valence-electron chi connectivity index (χ3n) is 7.77. The highest BCUT2D eigenvalue weighted by molar-refractivity contribution is 7.99. The molecule has 0 N–H and O–H groups in total. The number of aromatic nitrogens is 3. The summed E-state index contributed by atoms with van der Waals surface area (Å²) in [7, 11) is 1.65. The van der Waals surface area contributed by atoms with Gasteiger partial charge >= 0.3 is 0 Å². The van der Waals surface area contributed by atoms with Gasteiger partial charge in [0, 0.05) is 55.0 Å². The Labute approximate surface area is 248 Å². The molecular formula is C32H43N5O3S. The molecule has 220 valence electrons. The van der Waals surface area contributed by atoms with Crippen molar-refractivity contribution in [2.24, 2.45) is 5.92 Å². The average Bonchev–Trinajstić information content (AvgIpc) is 3.43. The lowest BCUT2D eigenvalue weighted by atomic mass is 9.96. The Hall–Kier alpha value is -3.33. The summed E-state index contributed by atoms with van der Waals surface area (Å²) < 4.78 is 7.39. The Balaban J connectivity index is 1.33. The first-order valence-electron chi connectivity index (χ1n) is 14.8. The van der Waals surface area contributed by atoms with E-state index < -0.39 is 0 Å². The maximum atomic E-state index is 13.1. The molecule has 3 aromatic rings. The van der Waals surface area contributed by atoms with Gasteiger partial charge in [-0.3, -0.25) is 14.2 Å². The van der Waals surface area contributed by atoms with Gasteiger partial charge in [0.2, 0.25) is 11.8 Å². The second-order valence-corrected chi connectivity index (χ2v) is 11.7. The molecule has 4 rings (SSSR count). The lowest BCUT2D eigenvalue weighted by Gasteiger charge is -2.41. The minimum Gasteiger partial charge on any atom is -0.497 e. The fraction of sp³-hybridized carbons (Fsp3) is 0.500. The number of piperazine rings is 1. The number of carbonyl (C=O) groups is 2. The number of ether oxygens (including phenoxy) is 1. The van der Waals surface area contributed by atoms with E-state index in [-0.39, 0.29) is 23.8 Å². The van der Waals surface area contributed by atoms with Gasteiger partial charge in [0.15, 0.2) is 11.0 Å². The first-order valence-corrected chi connectivity index (χ1v) is 15.8. The normalized spacial score (nSPS) is 16.0. The standard InChI is InChI=1S/C32H43N5O3S/c1-5-7-12-25(6-2)31(39)36-21-20-35(23-24(36)3)29(38)15-11-22-41-32-34-33-30(26-13-9-8-10-14-26)37(32)27-16-18-28(40-4)19-17-27/h8-10,13-14,16-19,24-25H,5-7,11-12,15,20-23H2,1-4H3. The molecule has 1 aromatic heterocycles. The van der Waals surface area contributed by atoms with E-state index in [2.05, 4.69) is 35.5 Å². The summed E-state index contributed by atoms with van der Waals surface area (Å²) in [6.07, 6.45) is 5.23. The molecule has 0 bridgehead atoms. The fourth-order valence-corrected chi connectivity index (χ4v) is 6.24. The average molecular weight is 578 g/mol. The van der Waals surface area contributed by atoms with E-state index in [1.165, 1.54) is 0 Å². The monoisotopic (exact) mass is 577 g/mol. The van der Waals surface area contributed by atoms with Crippen molar-refractivity contribution < 1.29 is 14.3 Å². The van der Waals surface area contributed by atoms with Crippen molar-refractivity contribution in [1.82, 2.24) is 24.6 Å². The molecule has 1 fully saturated rings. The number of rotatable bonds is 13. The Morgan fingerprint density at radius 1 is 1.02 bits per heavy atom. The van der Waals surface area contributed by atoms with Crippen LogP contribution in [0.2, 0.25) is 0 Å². The summed E-state index contributed by atoms with van der Waals surface area (Å²) in [6.45, 7) is 8.16. The molecule has 0 saturated carbocycles. The van der Waals surface area contributed by atoms with E-state index in [0.29, 0.717) is 26.1 Å². The molecule has 9 heteroatoms. The molecule has 1 saturated heterocycles. The number of hydrogen-bond donors (Lipinski definition) is 0. The van der Waals surface area contributed by atoms with Crippen molar-refractivity contribution >= 4 is 23.6 Å². The number of hydrogen-bond acceptors (Lipinski definition) is 6. The molecule has 0 aliphatic carbocycles. The van der Waals surface area contributed by atoms with Crippen LogP contribution in [0.5, 0.6) is 5.75 Å². The summed E-state index contributed by atoms with van der Waals surface area (Å²) in [5, 5.41) is 9.80. The summed E-state index contributed by atoms with van der Waals surface area (Å²) in [6, 6.07) is 17.9. The number of carbonyl (C=O) groups excluding carboxylic acids is 2. The largest absolute Gasteiger partial charge is 0.497 e. The van der Waals surface area contributed by atoms with Crippen molar-refractivity contribution in [3.63, 3.8) is 0 Å². The minimum atomic E-state index is 0.0460. The molecule has 1 aliphatic heterocycles. The van der Waals surface area contributed by atoms with Crippen molar-refractivity contribution in [2.75, 3.05) is 32.5 Å². The molecule has 0 radical (unpaired) electrons. The number of amides is 2. The van der Waals surface area contributed by atoms with Crippen LogP contribution in [0.15, 0.2) is 59.8 Å². The van der Waals surface area contributed by atoms with E-state index in [9.17, 15) is 9.59 Å². The van der Waals surface area contributed by atoms with Gasteiger partial charge in [-0.15, -0.1) is 10.2 Å². The Bertz CT molecular complexity index is 1260. The molecule has 2 aromatic carbocycles. The molecule has 2 atom stereocenters. The van der Waals surface area contributed by atoms with E-state index in [0.717, 1.165) is 65.8 Å². The van der Waals surface area contributed by atoms with Gasteiger partial charge in [0.05, 0.1) is 7.11 Å². The van der Waals surface area contributed by atoms with Gasteiger partial charge in [-0.2, -0.15) is 0 Å². The molecule has 41 heavy (non-hydrogen) atoms. The van der Waals surface area contributed by atoms with Crippen molar-refractivity contribution in [3.05, 3.63) is 54.6 Å². The van der Waals surface area contributed by atoms with E-state index in [4.69, 9.17) is 4.74 Å². The highest BCUT2D eigenvalue weighted by Gasteiger charge is 2.32. The predicted molar refractivity (Wildman–Crippen MR) is 164 cm³/mol. The summed E-state index contributed by atoms with van der Waals surface area (Å²) in [4.78, 5) is 30.1. The van der Waals surface area contributed by atoms with Crippen molar-refractivity contribution in [1.29, 1.82) is 0 Å². The number of thioether (sulfide) groups is 1. The smallest absolute Gasteiger partial charge is 0.226 e. The maximum absolute atomic E-state index is 13.1. The van der Waals surface area contributed by atoms with Crippen LogP contribution in [-0.4, -0.2) is 74.9 Å². The molecule has 2 amide bonds. The fourth-order valence-electron chi connectivity index (χ4n) is 5.35. The topological polar surface area (TPSA) is 80.6 Å². The molecule has 2 unspecified atom stereocenters. The van der Waals surface area contributed by atoms with Gasteiger partial charge in [-0.1, -0.05) is 68.8 Å². The molecule has 2 heterocycles. The van der Waals surface area contributed by atoms with Crippen LogP contribution in [0.3, 0.4) is 0 Å². The molecule has 8 nitrogen and oxygen atoms in total. The van der Waals surface area contributed by atoms with Crippen LogP contribution in [0, 0.1) is 5.92 Å². The lowest BCUT2D eigenvalue weighted by Crippen LogP contribution is -2.56. The zero-order chi connectivity index (χ0) is 29.2. The SMILES string of the molecule is CCCCC(CC)C(=O)N1CCN(C(=O)CCCSc2nnc(-c3ccccc3)n2-c2ccc(OC)cc2)CC1C. The number of unbranched alkanes of at least 4 members (excludes halogenated alkanes) is 1. The maximum Gasteiger partial charge on any atom is 0.226 e. The second-order valence-electron chi connectivity index (χ2n) is 10.6. The van der Waals surface area contributed by atoms with Crippen molar-refractivity contribution in [3.8, 4) is 22.8 Å². The highest BCUT2D eigenvalue weighted by Crippen LogP contribution is 2.29. The zero-order valence-corrected chi connectivity index (χ0v) is 25.6. The van der Waals surface area contributed by atoms with Gasteiger partial charge in [-0.25, -0.2) is 0 Å². The minimum absolute atomic E-state index is 0.0460. The lowest BCUT2D eigenvalue weighted by molar-refractivity contribution is -0.145. The number of benzene rings is 2. The molecule has 0 spiro atoms. The number of nitrogens with zero attached hydrogens (tertiary/aromatic N) is 5. The Morgan fingerprint density at radius 2 is 1.78 bits per heavy atom. The van der Waals surface area contributed by atoms with Crippen LogP contribution < -0.4 is 4.74 Å².